The molecule has 0 spiro atoms. The monoisotopic (exact) mass is 268 g/mol. The predicted molar refractivity (Wildman–Crippen MR) is 77.1 cm³/mol. The number of nitroso groups, excluding NO2 is 1. The Balaban J connectivity index is 2.11. The van der Waals surface area contributed by atoms with Crippen molar-refractivity contribution in [1.82, 2.24) is 4.90 Å². The summed E-state index contributed by atoms with van der Waals surface area (Å²) in [5.74, 6) is 0.188. The van der Waals surface area contributed by atoms with Crippen LogP contribution in [0.1, 0.15) is 59.3 Å². The van der Waals surface area contributed by atoms with Crippen molar-refractivity contribution in [3.8, 4) is 0 Å². The van der Waals surface area contributed by atoms with Crippen LogP contribution in [0.3, 0.4) is 0 Å². The standard InChI is InChI=1S/C15H28N2O2/c1-14(2,18)12-7-8-15(3,13(11-12)16-19)17-9-5-4-6-10-17/h12-13,18H,4-11H2,1-3H3. The fourth-order valence-corrected chi connectivity index (χ4v) is 3.85. The lowest BCUT2D eigenvalue weighted by molar-refractivity contribution is -0.0455. The molecule has 110 valence electrons. The first-order valence-corrected chi connectivity index (χ1v) is 7.68. The molecule has 0 bridgehead atoms. The fourth-order valence-electron chi connectivity index (χ4n) is 3.85. The lowest BCUT2D eigenvalue weighted by atomic mass is 9.68. The highest BCUT2D eigenvalue weighted by atomic mass is 16.3. The predicted octanol–water partition coefficient (Wildman–Crippen LogP) is 2.94. The Hall–Kier alpha value is -0.480. The van der Waals surface area contributed by atoms with Gasteiger partial charge in [-0.2, -0.15) is 4.91 Å². The molecule has 1 saturated carbocycles. The van der Waals surface area contributed by atoms with Gasteiger partial charge in [0, 0.05) is 5.54 Å². The summed E-state index contributed by atoms with van der Waals surface area (Å²) < 4.78 is 0. The zero-order valence-corrected chi connectivity index (χ0v) is 12.6. The van der Waals surface area contributed by atoms with E-state index in [2.05, 4.69) is 17.0 Å². The van der Waals surface area contributed by atoms with Crippen LogP contribution in [0.25, 0.3) is 0 Å². The summed E-state index contributed by atoms with van der Waals surface area (Å²) >= 11 is 0. The molecule has 1 N–H and O–H groups in total. The number of rotatable bonds is 3. The summed E-state index contributed by atoms with van der Waals surface area (Å²) in [6.07, 6.45) is 6.45. The number of likely N-dealkylation sites (tertiary alicyclic amines) is 1. The van der Waals surface area contributed by atoms with Crippen LogP contribution < -0.4 is 0 Å². The molecule has 4 heteroatoms. The lowest BCUT2D eigenvalue weighted by Crippen LogP contribution is -2.59. The van der Waals surface area contributed by atoms with Crippen molar-refractivity contribution in [2.45, 2.75) is 76.5 Å². The van der Waals surface area contributed by atoms with Crippen LogP contribution in [-0.2, 0) is 0 Å². The Morgan fingerprint density at radius 3 is 2.42 bits per heavy atom. The lowest BCUT2D eigenvalue weighted by Gasteiger charge is -2.51. The molecule has 0 aromatic rings. The molecule has 1 saturated heterocycles. The van der Waals surface area contributed by atoms with E-state index in [1.807, 2.05) is 13.8 Å². The van der Waals surface area contributed by atoms with E-state index in [0.29, 0.717) is 0 Å². The third-order valence-electron chi connectivity index (χ3n) is 5.43. The molecule has 0 aromatic heterocycles. The number of hydrogen-bond donors (Lipinski definition) is 1. The van der Waals surface area contributed by atoms with Crippen LogP contribution >= 0.6 is 0 Å². The van der Waals surface area contributed by atoms with E-state index >= 15 is 0 Å². The zero-order chi connectivity index (χ0) is 14.1. The Bertz CT molecular complexity index is 321. The first kappa shape index (κ1) is 14.9. The van der Waals surface area contributed by atoms with Crippen molar-refractivity contribution in [3.63, 3.8) is 0 Å². The Morgan fingerprint density at radius 2 is 1.89 bits per heavy atom. The van der Waals surface area contributed by atoms with Gasteiger partial charge in [-0.15, -0.1) is 0 Å². The van der Waals surface area contributed by atoms with Crippen LogP contribution in [-0.4, -0.2) is 40.3 Å². The maximum Gasteiger partial charge on any atom is 0.110 e. The van der Waals surface area contributed by atoms with Crippen molar-refractivity contribution < 1.29 is 5.11 Å². The van der Waals surface area contributed by atoms with Gasteiger partial charge in [-0.25, -0.2) is 0 Å². The summed E-state index contributed by atoms with van der Waals surface area (Å²) in [5, 5.41) is 13.6. The van der Waals surface area contributed by atoms with Gasteiger partial charge >= 0.3 is 0 Å². The molecule has 1 aliphatic carbocycles. The minimum atomic E-state index is -0.702. The van der Waals surface area contributed by atoms with Gasteiger partial charge in [-0.3, -0.25) is 4.90 Å². The summed E-state index contributed by atoms with van der Waals surface area (Å²) in [7, 11) is 0. The maximum atomic E-state index is 11.3. The topological polar surface area (TPSA) is 52.9 Å². The van der Waals surface area contributed by atoms with Crippen LogP contribution in [0.4, 0.5) is 0 Å². The number of nitrogens with zero attached hydrogens (tertiary/aromatic N) is 2. The molecule has 2 rings (SSSR count). The summed E-state index contributed by atoms with van der Waals surface area (Å²) in [6, 6.07) is -0.184. The molecular formula is C15H28N2O2. The molecule has 19 heavy (non-hydrogen) atoms. The molecule has 1 aliphatic heterocycles. The smallest absolute Gasteiger partial charge is 0.110 e. The van der Waals surface area contributed by atoms with E-state index in [9.17, 15) is 10.0 Å². The minimum Gasteiger partial charge on any atom is -0.390 e. The first-order valence-electron chi connectivity index (χ1n) is 7.68. The quantitative estimate of drug-likeness (QED) is 0.801. The summed E-state index contributed by atoms with van der Waals surface area (Å²) in [5.41, 5.74) is -0.796. The second-order valence-corrected chi connectivity index (χ2v) is 7.15. The average Bonchev–Trinajstić information content (AvgIpc) is 2.39. The van der Waals surface area contributed by atoms with Crippen molar-refractivity contribution in [2.75, 3.05) is 13.1 Å². The van der Waals surface area contributed by atoms with Crippen LogP contribution in [0.2, 0.25) is 0 Å². The molecule has 0 aromatic carbocycles. The van der Waals surface area contributed by atoms with Gasteiger partial charge in [0.2, 0.25) is 0 Å². The Kier molecular flexibility index (Phi) is 4.31. The van der Waals surface area contributed by atoms with E-state index in [4.69, 9.17) is 0 Å². The van der Waals surface area contributed by atoms with Gasteiger partial charge in [0.25, 0.3) is 0 Å². The van der Waals surface area contributed by atoms with Crippen LogP contribution in [0.5, 0.6) is 0 Å². The van der Waals surface area contributed by atoms with E-state index < -0.39 is 5.60 Å². The number of aliphatic hydroxyl groups is 1. The number of piperidine rings is 1. The third kappa shape index (κ3) is 3.00. The SMILES string of the molecule is CC(C)(O)C1CCC(C)(N2CCCCC2)C(N=O)C1. The third-order valence-corrected chi connectivity index (χ3v) is 5.43. The molecule has 0 amide bonds. The fraction of sp³-hybridized carbons (Fsp3) is 1.00. The van der Waals surface area contributed by atoms with Crippen molar-refractivity contribution in [3.05, 3.63) is 4.91 Å². The van der Waals surface area contributed by atoms with Crippen molar-refractivity contribution in [2.24, 2.45) is 11.1 Å². The van der Waals surface area contributed by atoms with Gasteiger partial charge in [0.1, 0.15) is 6.04 Å². The molecule has 2 aliphatic rings. The van der Waals surface area contributed by atoms with Gasteiger partial charge in [-0.1, -0.05) is 11.6 Å². The molecular weight excluding hydrogens is 240 g/mol. The highest BCUT2D eigenvalue weighted by molar-refractivity contribution is 5.04. The van der Waals surface area contributed by atoms with Crippen molar-refractivity contribution in [1.29, 1.82) is 0 Å². The van der Waals surface area contributed by atoms with Gasteiger partial charge in [0.05, 0.1) is 5.60 Å². The van der Waals surface area contributed by atoms with Crippen LogP contribution in [0, 0.1) is 10.8 Å². The molecule has 4 nitrogen and oxygen atoms in total. The van der Waals surface area contributed by atoms with Crippen LogP contribution in [0.15, 0.2) is 5.18 Å². The summed E-state index contributed by atoms with van der Waals surface area (Å²) in [6.45, 7) is 8.09. The minimum absolute atomic E-state index is 0.0933. The van der Waals surface area contributed by atoms with E-state index in [1.54, 1.807) is 0 Å². The average molecular weight is 268 g/mol. The van der Waals surface area contributed by atoms with Gasteiger partial charge in [0.15, 0.2) is 0 Å². The molecule has 3 unspecified atom stereocenters. The van der Waals surface area contributed by atoms with E-state index in [0.717, 1.165) is 32.4 Å². The maximum absolute atomic E-state index is 11.3. The van der Waals surface area contributed by atoms with Gasteiger partial charge < -0.3 is 5.11 Å². The largest absolute Gasteiger partial charge is 0.390 e. The molecule has 0 radical (unpaired) electrons. The summed E-state index contributed by atoms with van der Waals surface area (Å²) in [4.78, 5) is 13.8. The molecule has 2 fully saturated rings. The highest BCUT2D eigenvalue weighted by Crippen LogP contribution is 2.42. The van der Waals surface area contributed by atoms with E-state index in [1.165, 1.54) is 19.3 Å². The van der Waals surface area contributed by atoms with E-state index in [-0.39, 0.29) is 17.5 Å². The molecule has 1 heterocycles. The second kappa shape index (κ2) is 5.49. The van der Waals surface area contributed by atoms with Gasteiger partial charge in [-0.05, 0) is 71.9 Å². The molecule has 3 atom stereocenters. The van der Waals surface area contributed by atoms with Crippen molar-refractivity contribution >= 4 is 0 Å². The Labute approximate surface area is 116 Å². The second-order valence-electron chi connectivity index (χ2n) is 7.15. The number of hydrogen-bond acceptors (Lipinski definition) is 4. The highest BCUT2D eigenvalue weighted by Gasteiger charge is 2.47. The Morgan fingerprint density at radius 1 is 1.26 bits per heavy atom. The normalized spacial score (nSPS) is 38.1. The zero-order valence-electron chi connectivity index (χ0n) is 12.6. The first-order chi connectivity index (χ1) is 8.88.